The average molecular weight is 395 g/mol. The third-order valence-corrected chi connectivity index (χ3v) is 6.23. The van der Waals surface area contributed by atoms with Gasteiger partial charge in [-0.2, -0.15) is 0 Å². The zero-order chi connectivity index (χ0) is 21.4. The molecule has 1 aromatic carbocycles. The molecule has 1 heterocycles. The number of hydrogen-bond donors (Lipinski definition) is 0. The maximum absolute atomic E-state index is 6.54. The molecule has 0 saturated heterocycles. The maximum Gasteiger partial charge on any atom is 0.126 e. The van der Waals surface area contributed by atoms with Crippen molar-refractivity contribution in [3.8, 4) is 5.75 Å². The molecule has 1 nitrogen and oxygen atoms in total. The SMILES string of the molecule is CC(C)=CCC/C(C)=C/CC/C(C)=C/CCC1(C)CCc2c(C)ccc(C)c2O1. The Hall–Kier alpha value is -1.76. The van der Waals surface area contributed by atoms with E-state index >= 15 is 0 Å². The second-order valence-electron chi connectivity index (χ2n) is 9.56. The number of rotatable bonds is 9. The molecule has 1 aliphatic rings. The van der Waals surface area contributed by atoms with E-state index in [-0.39, 0.29) is 5.60 Å². The highest BCUT2D eigenvalue weighted by atomic mass is 16.5. The Morgan fingerprint density at radius 2 is 1.48 bits per heavy atom. The second kappa shape index (κ2) is 10.9. The lowest BCUT2D eigenvalue weighted by atomic mass is 9.86. The number of benzene rings is 1. The minimum atomic E-state index is -0.0379. The standard InChI is InChI=1S/C28H42O/c1-21(2)11-8-12-22(3)13-9-14-23(4)15-10-19-28(7)20-18-26-24(5)16-17-25(6)27(26)29-28/h11,13,15-17H,8-10,12,14,18-20H2,1-7H3/b22-13+,23-15+. The van der Waals surface area contributed by atoms with Gasteiger partial charge in [-0.1, -0.05) is 47.1 Å². The molecule has 29 heavy (non-hydrogen) atoms. The Kier molecular flexibility index (Phi) is 8.80. The van der Waals surface area contributed by atoms with Crippen molar-refractivity contribution in [1.29, 1.82) is 0 Å². The van der Waals surface area contributed by atoms with Crippen molar-refractivity contribution >= 4 is 0 Å². The second-order valence-corrected chi connectivity index (χ2v) is 9.56. The lowest BCUT2D eigenvalue weighted by Crippen LogP contribution is -2.36. The van der Waals surface area contributed by atoms with Crippen LogP contribution in [0.1, 0.15) is 96.3 Å². The minimum Gasteiger partial charge on any atom is -0.487 e. The van der Waals surface area contributed by atoms with Crippen LogP contribution in [0.25, 0.3) is 0 Å². The predicted molar refractivity (Wildman–Crippen MR) is 128 cm³/mol. The fraction of sp³-hybridized carbons (Fsp3) is 0.571. The van der Waals surface area contributed by atoms with E-state index in [9.17, 15) is 0 Å². The summed E-state index contributed by atoms with van der Waals surface area (Å²) in [6, 6.07) is 4.42. The zero-order valence-corrected chi connectivity index (χ0v) is 20.0. The van der Waals surface area contributed by atoms with Gasteiger partial charge in [0.2, 0.25) is 0 Å². The first-order valence-electron chi connectivity index (χ1n) is 11.4. The Morgan fingerprint density at radius 1 is 0.897 bits per heavy atom. The molecule has 1 aromatic rings. The summed E-state index contributed by atoms with van der Waals surface area (Å²) in [7, 11) is 0. The van der Waals surface area contributed by atoms with Gasteiger partial charge in [-0.25, -0.2) is 0 Å². The van der Waals surface area contributed by atoms with Gasteiger partial charge in [0.1, 0.15) is 11.4 Å². The quantitative estimate of drug-likeness (QED) is 0.381. The van der Waals surface area contributed by atoms with Crippen molar-refractivity contribution in [3.63, 3.8) is 0 Å². The lowest BCUT2D eigenvalue weighted by molar-refractivity contribution is 0.0561. The molecule has 1 heteroatoms. The molecule has 1 unspecified atom stereocenters. The van der Waals surface area contributed by atoms with Crippen LogP contribution in [0, 0.1) is 13.8 Å². The van der Waals surface area contributed by atoms with Crippen molar-refractivity contribution in [2.45, 2.75) is 105 Å². The van der Waals surface area contributed by atoms with Crippen LogP contribution in [-0.2, 0) is 6.42 Å². The van der Waals surface area contributed by atoms with Crippen molar-refractivity contribution in [2.75, 3.05) is 0 Å². The maximum atomic E-state index is 6.54. The van der Waals surface area contributed by atoms with Gasteiger partial charge in [0.15, 0.2) is 0 Å². The number of aryl methyl sites for hydroxylation is 2. The molecule has 0 aromatic heterocycles. The van der Waals surface area contributed by atoms with Gasteiger partial charge in [0.25, 0.3) is 0 Å². The van der Waals surface area contributed by atoms with Crippen LogP contribution in [0.15, 0.2) is 47.1 Å². The van der Waals surface area contributed by atoms with E-state index in [0.717, 1.165) is 37.9 Å². The summed E-state index contributed by atoms with van der Waals surface area (Å²) in [4.78, 5) is 0. The van der Waals surface area contributed by atoms with Crippen LogP contribution in [0.4, 0.5) is 0 Å². The van der Waals surface area contributed by atoms with E-state index in [2.05, 4.69) is 78.8 Å². The molecule has 1 aliphatic heterocycles. The Balaban J connectivity index is 1.80. The van der Waals surface area contributed by atoms with Gasteiger partial charge in [-0.15, -0.1) is 0 Å². The van der Waals surface area contributed by atoms with Crippen molar-refractivity contribution in [3.05, 3.63) is 63.8 Å². The smallest absolute Gasteiger partial charge is 0.126 e. The Bertz CT molecular complexity index is 774. The number of ether oxygens (including phenoxy) is 1. The summed E-state index contributed by atoms with van der Waals surface area (Å²) < 4.78 is 6.54. The van der Waals surface area contributed by atoms with Crippen LogP contribution < -0.4 is 4.74 Å². The normalized spacial score (nSPS) is 19.6. The van der Waals surface area contributed by atoms with E-state index in [0.29, 0.717) is 0 Å². The molecule has 0 aliphatic carbocycles. The Labute approximate surface area is 179 Å². The zero-order valence-electron chi connectivity index (χ0n) is 20.0. The van der Waals surface area contributed by atoms with E-state index in [1.165, 1.54) is 52.7 Å². The largest absolute Gasteiger partial charge is 0.487 e. The molecule has 1 atom stereocenters. The van der Waals surface area contributed by atoms with Crippen LogP contribution in [0.5, 0.6) is 5.75 Å². The van der Waals surface area contributed by atoms with Crippen molar-refractivity contribution in [1.82, 2.24) is 0 Å². The summed E-state index contributed by atoms with van der Waals surface area (Å²) in [5, 5.41) is 0. The molecule has 0 bridgehead atoms. The number of allylic oxidation sites excluding steroid dienone is 6. The Morgan fingerprint density at radius 3 is 2.14 bits per heavy atom. The average Bonchev–Trinajstić information content (AvgIpc) is 2.64. The van der Waals surface area contributed by atoms with Crippen LogP contribution in [-0.4, -0.2) is 5.60 Å². The molecule has 0 radical (unpaired) electrons. The highest BCUT2D eigenvalue weighted by molar-refractivity contribution is 5.47. The van der Waals surface area contributed by atoms with Gasteiger partial charge in [0, 0.05) is 0 Å². The van der Waals surface area contributed by atoms with Crippen LogP contribution >= 0.6 is 0 Å². The fourth-order valence-corrected chi connectivity index (χ4v) is 4.12. The molecular formula is C28H42O. The first kappa shape index (κ1) is 23.5. The van der Waals surface area contributed by atoms with E-state index < -0.39 is 0 Å². The molecule has 160 valence electrons. The van der Waals surface area contributed by atoms with Gasteiger partial charge in [-0.05, 0) is 117 Å². The van der Waals surface area contributed by atoms with Gasteiger partial charge < -0.3 is 4.74 Å². The highest BCUT2D eigenvalue weighted by Gasteiger charge is 2.32. The minimum absolute atomic E-state index is 0.0379. The van der Waals surface area contributed by atoms with Crippen molar-refractivity contribution in [2.24, 2.45) is 0 Å². The summed E-state index contributed by atoms with van der Waals surface area (Å²) in [5.74, 6) is 1.15. The van der Waals surface area contributed by atoms with Gasteiger partial charge >= 0.3 is 0 Å². The lowest BCUT2D eigenvalue weighted by Gasteiger charge is -2.37. The summed E-state index contributed by atoms with van der Waals surface area (Å²) in [6.45, 7) is 15.6. The molecule has 0 N–H and O–H groups in total. The van der Waals surface area contributed by atoms with E-state index in [1.54, 1.807) is 0 Å². The molecule has 0 amide bonds. The summed E-state index contributed by atoms with van der Waals surface area (Å²) >= 11 is 0. The monoisotopic (exact) mass is 394 g/mol. The molecule has 0 fully saturated rings. The third-order valence-electron chi connectivity index (χ3n) is 6.23. The summed E-state index contributed by atoms with van der Waals surface area (Å²) in [5.41, 5.74) is 8.46. The van der Waals surface area contributed by atoms with Crippen LogP contribution in [0.2, 0.25) is 0 Å². The molecule has 0 spiro atoms. The molecule has 2 rings (SSSR count). The first-order valence-corrected chi connectivity index (χ1v) is 11.4. The number of hydrogen-bond acceptors (Lipinski definition) is 1. The van der Waals surface area contributed by atoms with Crippen LogP contribution in [0.3, 0.4) is 0 Å². The predicted octanol–water partition coefficient (Wildman–Crippen LogP) is 8.59. The van der Waals surface area contributed by atoms with E-state index in [4.69, 9.17) is 4.74 Å². The van der Waals surface area contributed by atoms with Crippen molar-refractivity contribution < 1.29 is 4.74 Å². The fourth-order valence-electron chi connectivity index (χ4n) is 4.12. The topological polar surface area (TPSA) is 9.23 Å². The third kappa shape index (κ3) is 7.53. The molecule has 0 saturated carbocycles. The highest BCUT2D eigenvalue weighted by Crippen LogP contribution is 2.39. The van der Waals surface area contributed by atoms with Gasteiger partial charge in [-0.3, -0.25) is 0 Å². The van der Waals surface area contributed by atoms with E-state index in [1.807, 2.05) is 0 Å². The van der Waals surface area contributed by atoms with Gasteiger partial charge in [0.05, 0.1) is 0 Å². The molecular weight excluding hydrogens is 352 g/mol. The first-order chi connectivity index (χ1) is 13.7. The summed E-state index contributed by atoms with van der Waals surface area (Å²) in [6.07, 6.45) is 16.3. The number of fused-ring (bicyclic) bond motifs is 1.